The van der Waals surface area contributed by atoms with Crippen LogP contribution in [0.5, 0.6) is 5.75 Å². The number of methoxy groups -OCH3 is 1. The first-order chi connectivity index (χ1) is 13.9. The molecule has 0 aliphatic carbocycles. The number of carbonyl (C=O) groups excluding carboxylic acids is 1. The highest BCUT2D eigenvalue weighted by molar-refractivity contribution is 6.03. The van der Waals surface area contributed by atoms with E-state index in [9.17, 15) is 4.79 Å². The number of ether oxygens (including phenoxy) is 1. The molecule has 6 heteroatoms. The molecule has 0 spiro atoms. The van der Waals surface area contributed by atoms with E-state index < -0.39 is 0 Å². The second-order valence-electron chi connectivity index (χ2n) is 7.25. The van der Waals surface area contributed by atoms with Crippen LogP contribution in [0.3, 0.4) is 0 Å². The number of aryl methyl sites for hydroxylation is 2. The first kappa shape index (κ1) is 20.3. The summed E-state index contributed by atoms with van der Waals surface area (Å²) in [7, 11) is 1.62. The van der Waals surface area contributed by atoms with E-state index in [0.717, 1.165) is 16.9 Å². The maximum atomic E-state index is 12.7. The Morgan fingerprint density at radius 3 is 2.38 bits per heavy atom. The first-order valence-electron chi connectivity index (χ1n) is 9.54. The van der Waals surface area contributed by atoms with E-state index in [1.807, 2.05) is 49.4 Å². The van der Waals surface area contributed by atoms with Crippen molar-refractivity contribution in [3.05, 3.63) is 71.2 Å². The molecule has 0 saturated heterocycles. The maximum absolute atomic E-state index is 12.7. The SMILES string of the molecule is COc1ccc(C)cc1Nc1cc(C(=O)Nc2ccc(C(C)C)cc2)nc(C)n1. The van der Waals surface area contributed by atoms with Crippen molar-refractivity contribution in [1.29, 1.82) is 0 Å². The van der Waals surface area contributed by atoms with Crippen LogP contribution in [0.1, 0.15) is 47.2 Å². The molecule has 1 aromatic heterocycles. The molecule has 29 heavy (non-hydrogen) atoms. The summed E-state index contributed by atoms with van der Waals surface area (Å²) in [5.41, 5.74) is 4.10. The topological polar surface area (TPSA) is 76.1 Å². The van der Waals surface area contributed by atoms with Crippen LogP contribution in [0, 0.1) is 13.8 Å². The number of hydrogen-bond donors (Lipinski definition) is 2. The van der Waals surface area contributed by atoms with Crippen molar-refractivity contribution in [1.82, 2.24) is 9.97 Å². The molecule has 0 bridgehead atoms. The minimum Gasteiger partial charge on any atom is -0.495 e. The molecule has 0 saturated carbocycles. The van der Waals surface area contributed by atoms with Gasteiger partial charge in [0.25, 0.3) is 5.91 Å². The number of aromatic nitrogens is 2. The average Bonchev–Trinajstić information content (AvgIpc) is 2.68. The summed E-state index contributed by atoms with van der Waals surface area (Å²) < 4.78 is 5.40. The van der Waals surface area contributed by atoms with Crippen molar-refractivity contribution in [2.75, 3.05) is 17.7 Å². The Bertz CT molecular complexity index is 1010. The molecule has 0 fully saturated rings. The molecule has 3 aromatic rings. The molecule has 0 unspecified atom stereocenters. The predicted octanol–water partition coefficient (Wildman–Crippen LogP) is 5.22. The van der Waals surface area contributed by atoms with E-state index in [-0.39, 0.29) is 5.91 Å². The Labute approximate surface area is 171 Å². The Kier molecular flexibility index (Phi) is 6.12. The lowest BCUT2D eigenvalue weighted by molar-refractivity contribution is 0.102. The third-order valence-corrected chi connectivity index (χ3v) is 4.52. The molecular weight excluding hydrogens is 364 g/mol. The second-order valence-corrected chi connectivity index (χ2v) is 7.25. The summed E-state index contributed by atoms with van der Waals surface area (Å²) in [5, 5.41) is 6.12. The highest BCUT2D eigenvalue weighted by Crippen LogP contribution is 2.28. The fourth-order valence-electron chi connectivity index (χ4n) is 2.95. The fourth-order valence-corrected chi connectivity index (χ4v) is 2.95. The van der Waals surface area contributed by atoms with Crippen LogP contribution in [-0.4, -0.2) is 23.0 Å². The second kappa shape index (κ2) is 8.73. The van der Waals surface area contributed by atoms with Crippen LogP contribution in [0.2, 0.25) is 0 Å². The lowest BCUT2D eigenvalue weighted by Crippen LogP contribution is -2.15. The summed E-state index contributed by atoms with van der Waals surface area (Å²) in [6.07, 6.45) is 0. The van der Waals surface area contributed by atoms with Gasteiger partial charge in [-0.05, 0) is 55.2 Å². The maximum Gasteiger partial charge on any atom is 0.274 e. The number of rotatable bonds is 6. The Morgan fingerprint density at radius 1 is 1.00 bits per heavy atom. The van der Waals surface area contributed by atoms with Crippen molar-refractivity contribution in [3.63, 3.8) is 0 Å². The lowest BCUT2D eigenvalue weighted by Gasteiger charge is -2.13. The smallest absolute Gasteiger partial charge is 0.274 e. The van der Waals surface area contributed by atoms with Gasteiger partial charge in [0, 0.05) is 11.8 Å². The summed E-state index contributed by atoms with van der Waals surface area (Å²) in [4.78, 5) is 21.4. The van der Waals surface area contributed by atoms with Gasteiger partial charge >= 0.3 is 0 Å². The first-order valence-corrected chi connectivity index (χ1v) is 9.54. The van der Waals surface area contributed by atoms with E-state index in [2.05, 4.69) is 34.4 Å². The molecule has 150 valence electrons. The molecule has 0 aliphatic rings. The molecule has 3 rings (SSSR count). The zero-order valence-electron chi connectivity index (χ0n) is 17.4. The van der Waals surface area contributed by atoms with Gasteiger partial charge in [-0.1, -0.05) is 32.0 Å². The van der Waals surface area contributed by atoms with E-state index >= 15 is 0 Å². The number of hydrogen-bond acceptors (Lipinski definition) is 5. The number of carbonyl (C=O) groups is 1. The average molecular weight is 390 g/mol. The van der Waals surface area contributed by atoms with Crippen molar-refractivity contribution >= 4 is 23.1 Å². The van der Waals surface area contributed by atoms with E-state index in [1.165, 1.54) is 5.56 Å². The molecule has 2 aromatic carbocycles. The molecule has 2 N–H and O–H groups in total. The zero-order chi connectivity index (χ0) is 21.0. The summed E-state index contributed by atoms with van der Waals surface area (Å²) in [5.74, 6) is 1.88. The predicted molar refractivity (Wildman–Crippen MR) is 116 cm³/mol. The largest absolute Gasteiger partial charge is 0.495 e. The normalized spacial score (nSPS) is 10.7. The minimum absolute atomic E-state index is 0.285. The van der Waals surface area contributed by atoms with Crippen LogP contribution in [0.4, 0.5) is 17.2 Å². The zero-order valence-corrected chi connectivity index (χ0v) is 17.4. The van der Waals surface area contributed by atoms with Gasteiger partial charge in [0.2, 0.25) is 0 Å². The Balaban J connectivity index is 1.81. The van der Waals surface area contributed by atoms with Crippen molar-refractivity contribution < 1.29 is 9.53 Å². The van der Waals surface area contributed by atoms with Crippen LogP contribution in [0.25, 0.3) is 0 Å². The van der Waals surface area contributed by atoms with Crippen LogP contribution < -0.4 is 15.4 Å². The van der Waals surface area contributed by atoms with Crippen LogP contribution >= 0.6 is 0 Å². The van der Waals surface area contributed by atoms with E-state index in [4.69, 9.17) is 4.74 Å². The van der Waals surface area contributed by atoms with Gasteiger partial charge in [-0.2, -0.15) is 0 Å². The highest BCUT2D eigenvalue weighted by atomic mass is 16.5. The van der Waals surface area contributed by atoms with E-state index in [1.54, 1.807) is 20.1 Å². The van der Waals surface area contributed by atoms with Gasteiger partial charge in [-0.25, -0.2) is 9.97 Å². The summed E-state index contributed by atoms with van der Waals surface area (Å²) in [6, 6.07) is 15.3. The van der Waals surface area contributed by atoms with Gasteiger partial charge in [0.1, 0.15) is 23.1 Å². The van der Waals surface area contributed by atoms with E-state index in [0.29, 0.717) is 29.0 Å². The Hall–Kier alpha value is -3.41. The summed E-state index contributed by atoms with van der Waals surface area (Å²) in [6.45, 7) is 8.02. The highest BCUT2D eigenvalue weighted by Gasteiger charge is 2.13. The molecule has 1 amide bonds. The third-order valence-electron chi connectivity index (χ3n) is 4.52. The summed E-state index contributed by atoms with van der Waals surface area (Å²) >= 11 is 0. The van der Waals surface area contributed by atoms with Gasteiger partial charge in [-0.3, -0.25) is 4.79 Å². The van der Waals surface area contributed by atoms with Crippen molar-refractivity contribution in [3.8, 4) is 5.75 Å². The molecule has 0 aliphatic heterocycles. The van der Waals surface area contributed by atoms with Gasteiger partial charge in [-0.15, -0.1) is 0 Å². The fraction of sp³-hybridized carbons (Fsp3) is 0.261. The number of nitrogens with one attached hydrogen (secondary N) is 2. The molecule has 0 atom stereocenters. The monoisotopic (exact) mass is 390 g/mol. The number of nitrogens with zero attached hydrogens (tertiary/aromatic N) is 2. The lowest BCUT2D eigenvalue weighted by atomic mass is 10.0. The quantitative estimate of drug-likeness (QED) is 0.603. The molecule has 0 radical (unpaired) electrons. The van der Waals surface area contributed by atoms with Crippen LogP contribution in [-0.2, 0) is 0 Å². The van der Waals surface area contributed by atoms with Gasteiger partial charge in [0.05, 0.1) is 12.8 Å². The van der Waals surface area contributed by atoms with Crippen LogP contribution in [0.15, 0.2) is 48.5 Å². The van der Waals surface area contributed by atoms with Gasteiger partial charge < -0.3 is 15.4 Å². The third kappa shape index (κ3) is 5.10. The number of benzene rings is 2. The Morgan fingerprint density at radius 2 is 1.72 bits per heavy atom. The molecular formula is C23H26N4O2. The molecule has 1 heterocycles. The number of amides is 1. The van der Waals surface area contributed by atoms with Crippen molar-refractivity contribution in [2.45, 2.75) is 33.6 Å². The minimum atomic E-state index is -0.285. The van der Waals surface area contributed by atoms with Gasteiger partial charge in [0.15, 0.2) is 0 Å². The number of anilines is 3. The molecule has 6 nitrogen and oxygen atoms in total. The van der Waals surface area contributed by atoms with Crippen molar-refractivity contribution in [2.24, 2.45) is 0 Å². The standard InChI is InChI=1S/C23H26N4O2/c1-14(2)17-7-9-18(10-8-17)26-23(28)20-13-22(25-16(4)24-20)27-19-12-15(3)6-11-21(19)29-5/h6-14H,1-5H3,(H,26,28)(H,24,25,27).